The van der Waals surface area contributed by atoms with Crippen LogP contribution in [0.2, 0.25) is 0 Å². The number of likely N-dealkylation sites (tertiary alicyclic amines) is 1. The van der Waals surface area contributed by atoms with Crippen LogP contribution in [0.15, 0.2) is 53.1 Å². The summed E-state index contributed by atoms with van der Waals surface area (Å²) in [7, 11) is 1.56. The van der Waals surface area contributed by atoms with E-state index in [0.717, 1.165) is 18.4 Å². The molecule has 32 heavy (non-hydrogen) atoms. The third-order valence-corrected chi connectivity index (χ3v) is 5.56. The molecule has 1 aliphatic rings. The Hall–Kier alpha value is -3.68. The van der Waals surface area contributed by atoms with Crippen LogP contribution in [-0.4, -0.2) is 47.1 Å². The molecule has 8 nitrogen and oxygen atoms in total. The van der Waals surface area contributed by atoms with Crippen molar-refractivity contribution in [3.8, 4) is 17.1 Å². The van der Waals surface area contributed by atoms with Crippen LogP contribution in [-0.2, 0) is 4.79 Å². The number of aromatic nitrogens is 2. The zero-order valence-electron chi connectivity index (χ0n) is 18.2. The summed E-state index contributed by atoms with van der Waals surface area (Å²) in [5.74, 6) is 1.38. The minimum Gasteiger partial charge on any atom is -0.496 e. The highest BCUT2D eigenvalue weighted by Crippen LogP contribution is 2.30. The van der Waals surface area contributed by atoms with E-state index in [1.165, 1.54) is 0 Å². The van der Waals surface area contributed by atoms with Crippen molar-refractivity contribution in [2.45, 2.75) is 32.1 Å². The highest BCUT2D eigenvalue weighted by molar-refractivity contribution is 5.97. The van der Waals surface area contributed by atoms with E-state index in [-0.39, 0.29) is 17.7 Å². The quantitative estimate of drug-likeness (QED) is 0.627. The number of hydrogen-bond acceptors (Lipinski definition) is 6. The van der Waals surface area contributed by atoms with Crippen molar-refractivity contribution < 1.29 is 18.8 Å². The molecule has 1 unspecified atom stereocenters. The van der Waals surface area contributed by atoms with Crippen LogP contribution in [0, 0.1) is 0 Å². The molecule has 8 heteroatoms. The van der Waals surface area contributed by atoms with Gasteiger partial charge in [-0.15, -0.1) is 0 Å². The van der Waals surface area contributed by atoms with E-state index >= 15 is 0 Å². The Balaban J connectivity index is 1.49. The van der Waals surface area contributed by atoms with Gasteiger partial charge in [0.2, 0.25) is 17.6 Å². The molecule has 0 saturated carbocycles. The average molecular weight is 434 g/mol. The van der Waals surface area contributed by atoms with Crippen molar-refractivity contribution in [1.82, 2.24) is 15.0 Å². The Morgan fingerprint density at radius 1 is 1.22 bits per heavy atom. The summed E-state index contributed by atoms with van der Waals surface area (Å²) in [6.45, 7) is 2.98. The monoisotopic (exact) mass is 434 g/mol. The molecule has 1 fully saturated rings. The van der Waals surface area contributed by atoms with Crippen molar-refractivity contribution in [2.75, 3.05) is 25.5 Å². The molecule has 3 aromatic rings. The molecular formula is C24H26N4O4. The maximum atomic E-state index is 13.1. The molecular weight excluding hydrogens is 408 g/mol. The number of anilines is 1. The molecule has 0 aliphatic carbocycles. The topological polar surface area (TPSA) is 97.6 Å². The average Bonchev–Trinajstić information content (AvgIpc) is 3.34. The van der Waals surface area contributed by atoms with E-state index in [9.17, 15) is 9.59 Å². The summed E-state index contributed by atoms with van der Waals surface area (Å²) >= 11 is 0. The summed E-state index contributed by atoms with van der Waals surface area (Å²) in [5, 5.41) is 6.97. The summed E-state index contributed by atoms with van der Waals surface area (Å²) in [5.41, 5.74) is 1.99. The fraction of sp³-hybridized carbons (Fsp3) is 0.333. The van der Waals surface area contributed by atoms with Gasteiger partial charge in [-0.1, -0.05) is 36.3 Å². The smallest absolute Gasteiger partial charge is 0.257 e. The zero-order chi connectivity index (χ0) is 22.5. The number of amides is 2. The van der Waals surface area contributed by atoms with E-state index < -0.39 is 0 Å². The van der Waals surface area contributed by atoms with E-state index in [4.69, 9.17) is 9.26 Å². The first-order chi connectivity index (χ1) is 15.6. The van der Waals surface area contributed by atoms with Gasteiger partial charge in [0.25, 0.3) is 5.91 Å². The number of nitrogens with one attached hydrogen (secondary N) is 1. The van der Waals surface area contributed by atoms with Crippen LogP contribution in [0.25, 0.3) is 11.4 Å². The molecule has 1 saturated heterocycles. The number of piperidine rings is 1. The molecule has 0 radical (unpaired) electrons. The van der Waals surface area contributed by atoms with Crippen molar-refractivity contribution in [2.24, 2.45) is 0 Å². The minimum absolute atomic E-state index is 0.0355. The van der Waals surface area contributed by atoms with E-state index in [1.54, 1.807) is 26.2 Å². The Morgan fingerprint density at radius 3 is 2.88 bits per heavy atom. The van der Waals surface area contributed by atoms with Crippen molar-refractivity contribution in [3.63, 3.8) is 0 Å². The molecule has 0 spiro atoms. The lowest BCUT2D eigenvalue weighted by Gasteiger charge is -2.31. The largest absolute Gasteiger partial charge is 0.496 e. The molecule has 2 aromatic carbocycles. The number of carbonyl (C=O) groups excluding carboxylic acids is 2. The molecule has 2 heterocycles. The summed E-state index contributed by atoms with van der Waals surface area (Å²) in [4.78, 5) is 31.2. The number of rotatable bonds is 6. The van der Waals surface area contributed by atoms with Gasteiger partial charge in [0.05, 0.1) is 18.6 Å². The first-order valence-electron chi connectivity index (χ1n) is 10.7. The summed E-state index contributed by atoms with van der Waals surface area (Å²) in [6.07, 6.45) is 2.12. The highest BCUT2D eigenvalue weighted by Gasteiger charge is 2.30. The van der Waals surface area contributed by atoms with Gasteiger partial charge in [0.15, 0.2) is 0 Å². The van der Waals surface area contributed by atoms with Crippen LogP contribution in [0.3, 0.4) is 0 Å². The Morgan fingerprint density at radius 2 is 2.06 bits per heavy atom. The lowest BCUT2D eigenvalue weighted by atomic mass is 9.97. The second-order valence-electron chi connectivity index (χ2n) is 7.73. The second kappa shape index (κ2) is 9.64. The number of benzene rings is 2. The van der Waals surface area contributed by atoms with Crippen LogP contribution >= 0.6 is 0 Å². The standard InChI is InChI=1S/C24H26N4O4/c1-3-21(29)25-18-10-6-8-16(14-18)22-26-23(32-27-22)17-9-7-13-28(15-17)24(30)19-11-4-5-12-20(19)31-2/h4-6,8,10-12,14,17H,3,7,9,13,15H2,1-2H3,(H,25,29). The fourth-order valence-electron chi connectivity index (χ4n) is 3.86. The van der Waals surface area contributed by atoms with Gasteiger partial charge < -0.3 is 19.5 Å². The minimum atomic E-state index is -0.0637. The Kier molecular flexibility index (Phi) is 6.49. The Bertz CT molecular complexity index is 1110. The molecule has 0 bridgehead atoms. The third-order valence-electron chi connectivity index (χ3n) is 5.56. The van der Waals surface area contributed by atoms with Crippen LogP contribution in [0.5, 0.6) is 5.75 Å². The highest BCUT2D eigenvalue weighted by atomic mass is 16.5. The van der Waals surface area contributed by atoms with Gasteiger partial charge >= 0.3 is 0 Å². The van der Waals surface area contributed by atoms with Crippen molar-refractivity contribution >= 4 is 17.5 Å². The maximum Gasteiger partial charge on any atom is 0.257 e. The number of hydrogen-bond donors (Lipinski definition) is 1. The summed E-state index contributed by atoms with van der Waals surface area (Å²) in [6, 6.07) is 14.6. The zero-order valence-corrected chi connectivity index (χ0v) is 18.2. The van der Waals surface area contributed by atoms with Crippen LogP contribution < -0.4 is 10.1 Å². The Labute approximate surface area is 186 Å². The van der Waals surface area contributed by atoms with Gasteiger partial charge in [-0.25, -0.2) is 0 Å². The second-order valence-corrected chi connectivity index (χ2v) is 7.73. The normalized spacial score (nSPS) is 15.9. The van der Waals surface area contributed by atoms with E-state index in [1.807, 2.05) is 41.3 Å². The SMILES string of the molecule is CCC(=O)Nc1cccc(-c2noc(C3CCCN(C(=O)c4ccccc4OC)C3)n2)c1. The third kappa shape index (κ3) is 4.64. The van der Waals surface area contributed by atoms with E-state index in [2.05, 4.69) is 15.5 Å². The van der Waals surface area contributed by atoms with Gasteiger partial charge in [-0.2, -0.15) is 4.98 Å². The van der Waals surface area contributed by atoms with Crippen molar-refractivity contribution in [3.05, 3.63) is 60.0 Å². The number of para-hydroxylation sites is 1. The fourth-order valence-corrected chi connectivity index (χ4v) is 3.86. The van der Waals surface area contributed by atoms with Gasteiger partial charge in [-0.05, 0) is 37.1 Å². The van der Waals surface area contributed by atoms with Crippen molar-refractivity contribution in [1.29, 1.82) is 0 Å². The van der Waals surface area contributed by atoms with E-state index in [0.29, 0.717) is 48.2 Å². The predicted molar refractivity (Wildman–Crippen MR) is 120 cm³/mol. The molecule has 1 atom stereocenters. The molecule has 4 rings (SSSR count). The first kappa shape index (κ1) is 21.5. The molecule has 1 aliphatic heterocycles. The first-order valence-corrected chi connectivity index (χ1v) is 10.7. The number of ether oxygens (including phenoxy) is 1. The lowest BCUT2D eigenvalue weighted by Crippen LogP contribution is -2.39. The van der Waals surface area contributed by atoms with Gasteiger partial charge in [0, 0.05) is 30.8 Å². The molecule has 2 amide bonds. The molecule has 166 valence electrons. The van der Waals surface area contributed by atoms with Crippen LogP contribution in [0.4, 0.5) is 5.69 Å². The van der Waals surface area contributed by atoms with Gasteiger partial charge in [-0.3, -0.25) is 9.59 Å². The van der Waals surface area contributed by atoms with Crippen LogP contribution in [0.1, 0.15) is 48.4 Å². The number of nitrogens with zero attached hydrogens (tertiary/aromatic N) is 3. The number of carbonyl (C=O) groups is 2. The molecule has 1 aromatic heterocycles. The summed E-state index contributed by atoms with van der Waals surface area (Å²) < 4.78 is 10.9. The lowest BCUT2D eigenvalue weighted by molar-refractivity contribution is -0.115. The maximum absolute atomic E-state index is 13.1. The predicted octanol–water partition coefficient (Wildman–Crippen LogP) is 4.11. The molecule has 1 N–H and O–H groups in total. The van der Waals surface area contributed by atoms with Gasteiger partial charge in [0.1, 0.15) is 5.75 Å². The number of methoxy groups -OCH3 is 1.